The van der Waals surface area contributed by atoms with Crippen LogP contribution in [0.1, 0.15) is 38.3 Å². The Morgan fingerprint density at radius 2 is 2.27 bits per heavy atom. The topological polar surface area (TPSA) is 64.8 Å². The summed E-state index contributed by atoms with van der Waals surface area (Å²) in [6, 6.07) is 7.81. The van der Waals surface area contributed by atoms with Crippen LogP contribution in [0.15, 0.2) is 24.3 Å². The SMILES string of the molecule is CCN(C(=O)[C@@H]1CC[C@H](CN)O1)C(C)c1cccc(OC)c1. The van der Waals surface area contributed by atoms with Gasteiger partial charge in [0.15, 0.2) is 0 Å². The number of amides is 1. The first kappa shape index (κ1) is 16.8. The third-order valence-corrected chi connectivity index (χ3v) is 4.31. The van der Waals surface area contributed by atoms with Gasteiger partial charge in [0.1, 0.15) is 11.9 Å². The molecule has 0 saturated carbocycles. The second-order valence-electron chi connectivity index (χ2n) is 5.64. The van der Waals surface area contributed by atoms with Crippen molar-refractivity contribution in [3.8, 4) is 5.75 Å². The van der Waals surface area contributed by atoms with Gasteiger partial charge >= 0.3 is 0 Å². The standard InChI is InChI=1S/C17H26N2O3/c1-4-19(17(20)16-9-8-15(11-18)22-16)12(2)13-6-5-7-14(10-13)21-3/h5-7,10,12,15-16H,4,8-9,11,18H2,1-3H3/t12?,15-,16+/m1/s1. The monoisotopic (exact) mass is 306 g/mol. The maximum atomic E-state index is 12.7. The Kier molecular flexibility index (Phi) is 5.80. The molecule has 1 aliphatic heterocycles. The average molecular weight is 306 g/mol. The first-order chi connectivity index (χ1) is 10.6. The smallest absolute Gasteiger partial charge is 0.252 e. The van der Waals surface area contributed by atoms with Gasteiger partial charge in [0.05, 0.1) is 19.3 Å². The van der Waals surface area contributed by atoms with E-state index in [1.54, 1.807) is 7.11 Å². The Morgan fingerprint density at radius 1 is 1.50 bits per heavy atom. The van der Waals surface area contributed by atoms with Crippen molar-refractivity contribution in [3.05, 3.63) is 29.8 Å². The van der Waals surface area contributed by atoms with E-state index in [0.717, 1.165) is 24.2 Å². The number of carbonyl (C=O) groups is 1. The molecule has 5 nitrogen and oxygen atoms in total. The molecule has 3 atom stereocenters. The Labute approximate surface area is 132 Å². The highest BCUT2D eigenvalue weighted by atomic mass is 16.5. The molecule has 122 valence electrons. The van der Waals surface area contributed by atoms with Crippen LogP contribution in [0.5, 0.6) is 5.75 Å². The van der Waals surface area contributed by atoms with E-state index in [4.69, 9.17) is 15.2 Å². The number of hydrogen-bond donors (Lipinski definition) is 1. The molecule has 22 heavy (non-hydrogen) atoms. The average Bonchev–Trinajstić information content (AvgIpc) is 3.04. The highest BCUT2D eigenvalue weighted by molar-refractivity contribution is 5.81. The summed E-state index contributed by atoms with van der Waals surface area (Å²) in [6.07, 6.45) is 1.27. The third kappa shape index (κ3) is 3.59. The maximum Gasteiger partial charge on any atom is 0.252 e. The zero-order valence-corrected chi connectivity index (χ0v) is 13.6. The molecule has 0 aliphatic carbocycles. The van der Waals surface area contributed by atoms with Crippen LogP contribution < -0.4 is 10.5 Å². The molecular weight excluding hydrogens is 280 g/mol. The van der Waals surface area contributed by atoms with Crippen LogP contribution in [0.2, 0.25) is 0 Å². The van der Waals surface area contributed by atoms with E-state index < -0.39 is 0 Å². The van der Waals surface area contributed by atoms with Gasteiger partial charge in [-0.3, -0.25) is 4.79 Å². The number of nitrogens with two attached hydrogens (primary N) is 1. The van der Waals surface area contributed by atoms with E-state index >= 15 is 0 Å². The number of carbonyl (C=O) groups excluding carboxylic acids is 1. The lowest BCUT2D eigenvalue weighted by molar-refractivity contribution is -0.144. The van der Waals surface area contributed by atoms with Gasteiger partial charge in [0, 0.05) is 13.1 Å². The lowest BCUT2D eigenvalue weighted by Crippen LogP contribution is -2.41. The number of likely N-dealkylation sites (N-methyl/N-ethyl adjacent to an activating group) is 1. The van der Waals surface area contributed by atoms with Gasteiger partial charge < -0.3 is 20.1 Å². The van der Waals surface area contributed by atoms with Gasteiger partial charge in [0.25, 0.3) is 5.91 Å². The predicted octanol–water partition coefficient (Wildman–Crippen LogP) is 2.11. The molecule has 0 spiro atoms. The predicted molar refractivity (Wildman–Crippen MR) is 85.7 cm³/mol. The molecule has 1 aromatic carbocycles. The van der Waals surface area contributed by atoms with Gasteiger partial charge in [-0.2, -0.15) is 0 Å². The van der Waals surface area contributed by atoms with Crippen LogP contribution in [-0.2, 0) is 9.53 Å². The van der Waals surface area contributed by atoms with Gasteiger partial charge in [-0.05, 0) is 44.4 Å². The first-order valence-electron chi connectivity index (χ1n) is 7.90. The van der Waals surface area contributed by atoms with Crippen LogP contribution in [-0.4, -0.2) is 43.2 Å². The number of hydrogen-bond acceptors (Lipinski definition) is 4. The number of rotatable bonds is 6. The molecule has 1 aromatic rings. The van der Waals surface area contributed by atoms with Crippen molar-refractivity contribution < 1.29 is 14.3 Å². The van der Waals surface area contributed by atoms with Gasteiger partial charge in [-0.15, -0.1) is 0 Å². The minimum absolute atomic E-state index is 0.0137. The second kappa shape index (κ2) is 7.61. The molecule has 1 unspecified atom stereocenters. The molecule has 1 amide bonds. The van der Waals surface area contributed by atoms with E-state index in [0.29, 0.717) is 13.1 Å². The zero-order valence-electron chi connectivity index (χ0n) is 13.6. The molecule has 0 aromatic heterocycles. The van der Waals surface area contributed by atoms with Crippen molar-refractivity contribution in [2.24, 2.45) is 5.73 Å². The summed E-state index contributed by atoms with van der Waals surface area (Å²) in [6.45, 7) is 5.14. The molecule has 2 rings (SSSR count). The molecule has 5 heteroatoms. The van der Waals surface area contributed by atoms with Crippen LogP contribution >= 0.6 is 0 Å². The normalized spacial score (nSPS) is 22.4. The molecule has 1 heterocycles. The van der Waals surface area contributed by atoms with Crippen LogP contribution in [0.25, 0.3) is 0 Å². The van der Waals surface area contributed by atoms with E-state index in [9.17, 15) is 4.79 Å². The summed E-state index contributed by atoms with van der Waals surface area (Å²) in [5, 5.41) is 0. The lowest BCUT2D eigenvalue weighted by atomic mass is 10.1. The fourth-order valence-electron chi connectivity index (χ4n) is 2.95. The first-order valence-corrected chi connectivity index (χ1v) is 7.90. The number of methoxy groups -OCH3 is 1. The second-order valence-corrected chi connectivity index (χ2v) is 5.64. The molecule has 2 N–H and O–H groups in total. The van der Waals surface area contributed by atoms with Crippen molar-refractivity contribution in [2.75, 3.05) is 20.2 Å². The fourth-order valence-corrected chi connectivity index (χ4v) is 2.95. The van der Waals surface area contributed by atoms with Gasteiger partial charge in [0.2, 0.25) is 0 Å². The van der Waals surface area contributed by atoms with E-state index in [-0.39, 0.29) is 24.2 Å². The van der Waals surface area contributed by atoms with E-state index in [2.05, 4.69) is 0 Å². The van der Waals surface area contributed by atoms with E-state index in [1.165, 1.54) is 0 Å². The largest absolute Gasteiger partial charge is 0.497 e. The maximum absolute atomic E-state index is 12.7. The van der Waals surface area contributed by atoms with Crippen LogP contribution in [0, 0.1) is 0 Å². The van der Waals surface area contributed by atoms with Gasteiger partial charge in [-0.25, -0.2) is 0 Å². The van der Waals surface area contributed by atoms with Crippen molar-refractivity contribution in [1.29, 1.82) is 0 Å². The molecule has 1 fully saturated rings. The number of benzene rings is 1. The summed E-state index contributed by atoms with van der Waals surface area (Å²) < 4.78 is 11.0. The van der Waals surface area contributed by atoms with E-state index in [1.807, 2.05) is 43.0 Å². The number of ether oxygens (including phenoxy) is 2. The summed E-state index contributed by atoms with van der Waals surface area (Å²) >= 11 is 0. The number of nitrogens with zero attached hydrogens (tertiary/aromatic N) is 1. The summed E-state index contributed by atoms with van der Waals surface area (Å²) in [7, 11) is 1.64. The molecule has 0 bridgehead atoms. The Balaban J connectivity index is 2.11. The third-order valence-electron chi connectivity index (χ3n) is 4.31. The summed E-state index contributed by atoms with van der Waals surface area (Å²) in [4.78, 5) is 14.6. The van der Waals surface area contributed by atoms with Crippen molar-refractivity contribution in [3.63, 3.8) is 0 Å². The lowest BCUT2D eigenvalue weighted by Gasteiger charge is -2.30. The van der Waals surface area contributed by atoms with Crippen molar-refractivity contribution >= 4 is 5.91 Å². The minimum Gasteiger partial charge on any atom is -0.497 e. The van der Waals surface area contributed by atoms with Crippen LogP contribution in [0.4, 0.5) is 0 Å². The molecule has 0 radical (unpaired) electrons. The Hall–Kier alpha value is -1.59. The summed E-state index contributed by atoms with van der Waals surface area (Å²) in [5.41, 5.74) is 6.68. The molecule has 1 aliphatic rings. The highest BCUT2D eigenvalue weighted by Crippen LogP contribution is 2.27. The molecular formula is C17H26N2O3. The minimum atomic E-state index is -0.360. The summed E-state index contributed by atoms with van der Waals surface area (Å²) in [5.74, 6) is 0.849. The molecule has 1 saturated heterocycles. The van der Waals surface area contributed by atoms with Crippen molar-refractivity contribution in [1.82, 2.24) is 4.90 Å². The van der Waals surface area contributed by atoms with Crippen molar-refractivity contribution in [2.45, 2.75) is 44.9 Å². The Bertz CT molecular complexity index is 506. The fraction of sp³-hybridized carbons (Fsp3) is 0.588. The Morgan fingerprint density at radius 3 is 2.86 bits per heavy atom. The quantitative estimate of drug-likeness (QED) is 0.874. The van der Waals surface area contributed by atoms with Crippen LogP contribution in [0.3, 0.4) is 0 Å². The highest BCUT2D eigenvalue weighted by Gasteiger charge is 2.34. The zero-order chi connectivity index (χ0) is 16.1. The van der Waals surface area contributed by atoms with Gasteiger partial charge in [-0.1, -0.05) is 12.1 Å².